The summed E-state index contributed by atoms with van der Waals surface area (Å²) in [5, 5.41) is 0. The average Bonchev–Trinajstić information content (AvgIpc) is 2.88. The Labute approximate surface area is 103 Å². The third-order valence-electron chi connectivity index (χ3n) is 4.45. The quantitative estimate of drug-likeness (QED) is 0.847. The molecule has 2 heterocycles. The van der Waals surface area contributed by atoms with Crippen molar-refractivity contribution in [3.05, 3.63) is 23.4 Å². The van der Waals surface area contributed by atoms with E-state index in [0.29, 0.717) is 6.54 Å². The predicted molar refractivity (Wildman–Crippen MR) is 69.9 cm³/mol. The van der Waals surface area contributed by atoms with Crippen LogP contribution >= 0.6 is 0 Å². The van der Waals surface area contributed by atoms with E-state index in [1.54, 1.807) is 0 Å². The molecule has 1 saturated heterocycles. The number of hydrogen-bond donors (Lipinski definition) is 1. The molecule has 2 aliphatic rings. The number of nitrogens with two attached hydrogens (primary N) is 1. The Hall–Kier alpha value is -1.09. The zero-order valence-corrected chi connectivity index (χ0v) is 10.5. The van der Waals surface area contributed by atoms with Crippen LogP contribution in [0.1, 0.15) is 30.5 Å². The van der Waals surface area contributed by atoms with Gasteiger partial charge in [0, 0.05) is 25.3 Å². The number of aromatic nitrogens is 1. The molecule has 1 saturated carbocycles. The van der Waals surface area contributed by atoms with E-state index in [1.165, 1.54) is 32.4 Å². The standard InChI is InChI=1S/C14H21N3/c1-10-11(7-15)5-6-14(16-10)17-8-12-3-2-4-13(12)9-17/h5-6,12-13H,2-4,7-9,15H2,1H3. The Bertz CT molecular complexity index is 404. The highest BCUT2D eigenvalue weighted by atomic mass is 15.2. The molecule has 0 bridgehead atoms. The number of aryl methyl sites for hydroxylation is 1. The van der Waals surface area contributed by atoms with Crippen molar-refractivity contribution in [2.75, 3.05) is 18.0 Å². The first-order valence-electron chi connectivity index (χ1n) is 6.69. The molecule has 2 fully saturated rings. The van der Waals surface area contributed by atoms with Gasteiger partial charge in [-0.3, -0.25) is 0 Å². The van der Waals surface area contributed by atoms with E-state index in [4.69, 9.17) is 10.7 Å². The molecule has 1 aromatic heterocycles. The summed E-state index contributed by atoms with van der Waals surface area (Å²) in [6.45, 7) is 5.06. The summed E-state index contributed by atoms with van der Waals surface area (Å²) < 4.78 is 0. The van der Waals surface area contributed by atoms with Crippen molar-refractivity contribution in [3.8, 4) is 0 Å². The summed E-state index contributed by atoms with van der Waals surface area (Å²) in [5.41, 5.74) is 7.92. The van der Waals surface area contributed by atoms with Crippen LogP contribution < -0.4 is 10.6 Å². The number of nitrogens with zero attached hydrogens (tertiary/aromatic N) is 2. The molecule has 92 valence electrons. The maximum atomic E-state index is 5.68. The molecule has 0 amide bonds. The van der Waals surface area contributed by atoms with Crippen LogP contribution in [0.3, 0.4) is 0 Å². The fourth-order valence-corrected chi connectivity index (χ4v) is 3.39. The largest absolute Gasteiger partial charge is 0.356 e. The molecule has 0 radical (unpaired) electrons. The second kappa shape index (κ2) is 4.30. The molecule has 17 heavy (non-hydrogen) atoms. The number of fused-ring (bicyclic) bond motifs is 1. The molecule has 1 aromatic rings. The van der Waals surface area contributed by atoms with Gasteiger partial charge in [0.2, 0.25) is 0 Å². The Morgan fingerprint density at radius 1 is 1.29 bits per heavy atom. The van der Waals surface area contributed by atoms with Crippen LogP contribution in [0.4, 0.5) is 5.82 Å². The van der Waals surface area contributed by atoms with Gasteiger partial charge in [0.25, 0.3) is 0 Å². The van der Waals surface area contributed by atoms with E-state index in [2.05, 4.69) is 24.0 Å². The molecule has 3 heteroatoms. The lowest BCUT2D eigenvalue weighted by atomic mass is 10.0. The van der Waals surface area contributed by atoms with Gasteiger partial charge in [-0.05, 0) is 43.2 Å². The summed E-state index contributed by atoms with van der Waals surface area (Å²) in [5.74, 6) is 2.99. The highest BCUT2D eigenvalue weighted by Gasteiger charge is 2.36. The lowest BCUT2D eigenvalue weighted by molar-refractivity contribution is 0.494. The van der Waals surface area contributed by atoms with Crippen molar-refractivity contribution in [1.29, 1.82) is 0 Å². The van der Waals surface area contributed by atoms with Crippen LogP contribution in [0.25, 0.3) is 0 Å². The average molecular weight is 231 g/mol. The maximum Gasteiger partial charge on any atom is 0.128 e. The van der Waals surface area contributed by atoms with E-state index < -0.39 is 0 Å². The van der Waals surface area contributed by atoms with E-state index >= 15 is 0 Å². The Balaban J connectivity index is 1.79. The Kier molecular flexibility index (Phi) is 2.79. The maximum absolute atomic E-state index is 5.68. The van der Waals surface area contributed by atoms with E-state index in [0.717, 1.165) is 28.9 Å². The van der Waals surface area contributed by atoms with Gasteiger partial charge in [0.15, 0.2) is 0 Å². The molecule has 3 rings (SSSR count). The molecule has 3 nitrogen and oxygen atoms in total. The lowest BCUT2D eigenvalue weighted by Crippen LogP contribution is -2.22. The van der Waals surface area contributed by atoms with E-state index in [9.17, 15) is 0 Å². The highest BCUT2D eigenvalue weighted by molar-refractivity contribution is 5.43. The molecule has 0 spiro atoms. The van der Waals surface area contributed by atoms with Crippen LogP contribution in [0, 0.1) is 18.8 Å². The van der Waals surface area contributed by atoms with Crippen LogP contribution in [-0.4, -0.2) is 18.1 Å². The second-order valence-electron chi connectivity index (χ2n) is 5.47. The molecular formula is C14H21N3. The summed E-state index contributed by atoms with van der Waals surface area (Å²) >= 11 is 0. The lowest BCUT2D eigenvalue weighted by Gasteiger charge is -2.19. The smallest absolute Gasteiger partial charge is 0.128 e. The fraction of sp³-hybridized carbons (Fsp3) is 0.643. The van der Waals surface area contributed by atoms with Crippen molar-refractivity contribution in [1.82, 2.24) is 4.98 Å². The Morgan fingerprint density at radius 3 is 2.59 bits per heavy atom. The Morgan fingerprint density at radius 2 is 2.00 bits per heavy atom. The molecule has 0 aromatic carbocycles. The SMILES string of the molecule is Cc1nc(N2CC3CCCC3C2)ccc1CN. The van der Waals surface area contributed by atoms with Gasteiger partial charge in [-0.2, -0.15) is 0 Å². The summed E-state index contributed by atoms with van der Waals surface area (Å²) in [4.78, 5) is 7.16. The van der Waals surface area contributed by atoms with Crippen molar-refractivity contribution in [3.63, 3.8) is 0 Å². The van der Waals surface area contributed by atoms with Crippen molar-refractivity contribution < 1.29 is 0 Å². The minimum Gasteiger partial charge on any atom is -0.356 e. The molecule has 2 atom stereocenters. The van der Waals surface area contributed by atoms with Gasteiger partial charge in [0.1, 0.15) is 5.82 Å². The van der Waals surface area contributed by atoms with Gasteiger partial charge < -0.3 is 10.6 Å². The highest BCUT2D eigenvalue weighted by Crippen LogP contribution is 2.39. The van der Waals surface area contributed by atoms with E-state index in [-0.39, 0.29) is 0 Å². The van der Waals surface area contributed by atoms with Crippen LogP contribution in [0.15, 0.2) is 12.1 Å². The van der Waals surface area contributed by atoms with Crippen LogP contribution in [-0.2, 0) is 6.54 Å². The minimum atomic E-state index is 0.588. The predicted octanol–water partition coefficient (Wildman–Crippen LogP) is 2.09. The van der Waals surface area contributed by atoms with Crippen LogP contribution in [0.5, 0.6) is 0 Å². The van der Waals surface area contributed by atoms with Crippen LogP contribution in [0.2, 0.25) is 0 Å². The first-order chi connectivity index (χ1) is 8.28. The van der Waals surface area contributed by atoms with Gasteiger partial charge in [-0.25, -0.2) is 4.98 Å². The van der Waals surface area contributed by atoms with Gasteiger partial charge in [-0.1, -0.05) is 12.5 Å². The number of anilines is 1. The van der Waals surface area contributed by atoms with Gasteiger partial charge in [0.05, 0.1) is 0 Å². The first-order valence-corrected chi connectivity index (χ1v) is 6.69. The summed E-state index contributed by atoms with van der Waals surface area (Å²) in [7, 11) is 0. The van der Waals surface area contributed by atoms with Crippen molar-refractivity contribution in [2.24, 2.45) is 17.6 Å². The van der Waals surface area contributed by atoms with E-state index in [1.807, 2.05) is 0 Å². The van der Waals surface area contributed by atoms with Gasteiger partial charge >= 0.3 is 0 Å². The molecule has 2 unspecified atom stereocenters. The number of hydrogen-bond acceptors (Lipinski definition) is 3. The summed E-state index contributed by atoms with van der Waals surface area (Å²) in [6.07, 6.45) is 4.27. The van der Waals surface area contributed by atoms with Crippen molar-refractivity contribution >= 4 is 5.82 Å². The zero-order chi connectivity index (χ0) is 11.8. The third-order valence-corrected chi connectivity index (χ3v) is 4.45. The summed E-state index contributed by atoms with van der Waals surface area (Å²) in [6, 6.07) is 4.27. The second-order valence-corrected chi connectivity index (χ2v) is 5.47. The molecular weight excluding hydrogens is 210 g/mol. The first kappa shape index (κ1) is 11.0. The monoisotopic (exact) mass is 231 g/mol. The third kappa shape index (κ3) is 1.93. The molecule has 1 aliphatic carbocycles. The topological polar surface area (TPSA) is 42.2 Å². The molecule has 1 aliphatic heterocycles. The fourth-order valence-electron chi connectivity index (χ4n) is 3.39. The molecule has 2 N–H and O–H groups in total. The number of rotatable bonds is 2. The van der Waals surface area contributed by atoms with Crippen molar-refractivity contribution in [2.45, 2.75) is 32.7 Å². The number of pyridine rings is 1. The zero-order valence-electron chi connectivity index (χ0n) is 10.5. The normalized spacial score (nSPS) is 27.5. The minimum absolute atomic E-state index is 0.588. The van der Waals surface area contributed by atoms with Gasteiger partial charge in [-0.15, -0.1) is 0 Å².